The van der Waals surface area contributed by atoms with Gasteiger partial charge in [-0.3, -0.25) is 4.79 Å². The number of hydrogen-bond donors (Lipinski definition) is 1. The van der Waals surface area contributed by atoms with Gasteiger partial charge >= 0.3 is 0 Å². The van der Waals surface area contributed by atoms with Gasteiger partial charge in [-0.15, -0.1) is 11.3 Å². The standard InChI is InChI=1S/C16H18BrNO2S/c1-20-13-5-2-12(3-6-13)4-9-16(19)18-11-10-14-7-8-15(17)21-14/h2-3,5-8H,4,9-11H2,1H3,(H,18,19). The summed E-state index contributed by atoms with van der Waals surface area (Å²) in [4.78, 5) is 13.1. The van der Waals surface area contributed by atoms with Gasteiger partial charge in [-0.05, 0) is 58.6 Å². The van der Waals surface area contributed by atoms with Crippen molar-refractivity contribution in [3.63, 3.8) is 0 Å². The molecule has 0 spiro atoms. The van der Waals surface area contributed by atoms with Crippen LogP contribution in [0.25, 0.3) is 0 Å². The Morgan fingerprint density at radius 2 is 1.95 bits per heavy atom. The molecular weight excluding hydrogens is 350 g/mol. The van der Waals surface area contributed by atoms with Crippen LogP contribution in [-0.2, 0) is 17.6 Å². The fourth-order valence-corrected chi connectivity index (χ4v) is 3.43. The van der Waals surface area contributed by atoms with Crippen LogP contribution < -0.4 is 10.1 Å². The Hall–Kier alpha value is -1.33. The van der Waals surface area contributed by atoms with Crippen LogP contribution in [0.3, 0.4) is 0 Å². The highest BCUT2D eigenvalue weighted by molar-refractivity contribution is 9.11. The smallest absolute Gasteiger partial charge is 0.220 e. The molecule has 1 aromatic heterocycles. The molecule has 21 heavy (non-hydrogen) atoms. The molecule has 1 amide bonds. The van der Waals surface area contributed by atoms with Crippen LogP contribution in [0.15, 0.2) is 40.2 Å². The van der Waals surface area contributed by atoms with E-state index >= 15 is 0 Å². The molecule has 0 fully saturated rings. The number of nitrogens with one attached hydrogen (secondary N) is 1. The first-order chi connectivity index (χ1) is 10.2. The van der Waals surface area contributed by atoms with E-state index in [1.165, 1.54) is 4.88 Å². The van der Waals surface area contributed by atoms with Gasteiger partial charge in [0.15, 0.2) is 0 Å². The molecule has 3 nitrogen and oxygen atoms in total. The number of rotatable bonds is 7. The predicted octanol–water partition coefficient (Wildman–Crippen LogP) is 3.81. The van der Waals surface area contributed by atoms with Gasteiger partial charge in [0.1, 0.15) is 5.75 Å². The van der Waals surface area contributed by atoms with E-state index in [-0.39, 0.29) is 5.91 Å². The van der Waals surface area contributed by atoms with Gasteiger partial charge in [0.2, 0.25) is 5.91 Å². The molecule has 2 aromatic rings. The molecule has 0 radical (unpaired) electrons. The minimum atomic E-state index is 0.0986. The van der Waals surface area contributed by atoms with Crippen LogP contribution in [0.2, 0.25) is 0 Å². The van der Waals surface area contributed by atoms with Crippen LogP contribution in [-0.4, -0.2) is 19.6 Å². The fraction of sp³-hybridized carbons (Fsp3) is 0.312. The molecule has 0 aliphatic carbocycles. The predicted molar refractivity (Wildman–Crippen MR) is 90.0 cm³/mol. The van der Waals surface area contributed by atoms with Crippen LogP contribution >= 0.6 is 27.3 Å². The third kappa shape index (κ3) is 5.52. The molecule has 0 aliphatic heterocycles. The fourth-order valence-electron chi connectivity index (χ4n) is 1.95. The van der Waals surface area contributed by atoms with Crippen molar-refractivity contribution < 1.29 is 9.53 Å². The molecule has 0 saturated carbocycles. The summed E-state index contributed by atoms with van der Waals surface area (Å²) < 4.78 is 6.24. The van der Waals surface area contributed by atoms with Crippen LogP contribution in [0, 0.1) is 0 Å². The van der Waals surface area contributed by atoms with Crippen molar-refractivity contribution in [2.75, 3.05) is 13.7 Å². The number of carbonyl (C=O) groups excluding carboxylic acids is 1. The Bertz CT molecular complexity index is 580. The van der Waals surface area contributed by atoms with Gasteiger partial charge in [0.05, 0.1) is 10.9 Å². The van der Waals surface area contributed by atoms with Crippen molar-refractivity contribution >= 4 is 33.2 Å². The summed E-state index contributed by atoms with van der Waals surface area (Å²) in [6.07, 6.45) is 2.14. The molecule has 2 rings (SSSR count). The van der Waals surface area contributed by atoms with E-state index in [4.69, 9.17) is 4.74 Å². The maximum Gasteiger partial charge on any atom is 0.220 e. The minimum absolute atomic E-state index is 0.0986. The van der Waals surface area contributed by atoms with Crippen LogP contribution in [0.5, 0.6) is 5.75 Å². The van der Waals surface area contributed by atoms with E-state index in [1.807, 2.05) is 30.3 Å². The zero-order valence-electron chi connectivity index (χ0n) is 11.9. The van der Waals surface area contributed by atoms with Crippen molar-refractivity contribution in [2.24, 2.45) is 0 Å². The summed E-state index contributed by atoms with van der Waals surface area (Å²) in [5.41, 5.74) is 1.15. The lowest BCUT2D eigenvalue weighted by atomic mass is 10.1. The van der Waals surface area contributed by atoms with Crippen LogP contribution in [0.1, 0.15) is 16.9 Å². The van der Waals surface area contributed by atoms with Gasteiger partial charge in [-0.2, -0.15) is 0 Å². The van der Waals surface area contributed by atoms with Crippen molar-refractivity contribution in [3.8, 4) is 5.75 Å². The quantitative estimate of drug-likeness (QED) is 0.807. The monoisotopic (exact) mass is 367 g/mol. The highest BCUT2D eigenvalue weighted by atomic mass is 79.9. The van der Waals surface area contributed by atoms with Gasteiger partial charge in [0, 0.05) is 17.8 Å². The summed E-state index contributed by atoms with van der Waals surface area (Å²) in [5, 5.41) is 2.96. The van der Waals surface area contributed by atoms with Crippen molar-refractivity contribution in [1.82, 2.24) is 5.32 Å². The number of halogens is 1. The van der Waals surface area contributed by atoms with Gasteiger partial charge in [0.25, 0.3) is 0 Å². The topological polar surface area (TPSA) is 38.3 Å². The van der Waals surface area contributed by atoms with Gasteiger partial charge in [-0.1, -0.05) is 12.1 Å². The van der Waals surface area contributed by atoms with E-state index < -0.39 is 0 Å². The van der Waals surface area contributed by atoms with Crippen LogP contribution in [0.4, 0.5) is 0 Å². The molecule has 0 aliphatic rings. The zero-order valence-corrected chi connectivity index (χ0v) is 14.3. The molecule has 0 bridgehead atoms. The van der Waals surface area contributed by atoms with E-state index in [0.717, 1.165) is 27.9 Å². The minimum Gasteiger partial charge on any atom is -0.497 e. The maximum atomic E-state index is 11.8. The SMILES string of the molecule is COc1ccc(CCC(=O)NCCc2ccc(Br)s2)cc1. The number of hydrogen-bond acceptors (Lipinski definition) is 3. The largest absolute Gasteiger partial charge is 0.497 e. The molecule has 1 N–H and O–H groups in total. The first-order valence-corrected chi connectivity index (χ1v) is 8.42. The highest BCUT2D eigenvalue weighted by Gasteiger charge is 2.03. The van der Waals surface area contributed by atoms with E-state index in [9.17, 15) is 4.79 Å². The molecule has 0 saturated heterocycles. The Balaban J connectivity index is 1.67. The molecule has 112 valence electrons. The first-order valence-electron chi connectivity index (χ1n) is 6.81. The second kappa shape index (κ2) is 8.20. The second-order valence-electron chi connectivity index (χ2n) is 4.65. The maximum absolute atomic E-state index is 11.8. The summed E-state index contributed by atoms with van der Waals surface area (Å²) in [6, 6.07) is 11.9. The number of aryl methyl sites for hydroxylation is 1. The normalized spacial score (nSPS) is 10.4. The Morgan fingerprint density at radius 1 is 1.19 bits per heavy atom. The lowest BCUT2D eigenvalue weighted by Gasteiger charge is -2.05. The lowest BCUT2D eigenvalue weighted by molar-refractivity contribution is -0.121. The first kappa shape index (κ1) is 16.0. The molecule has 5 heteroatoms. The number of amides is 1. The summed E-state index contributed by atoms with van der Waals surface area (Å²) in [5.74, 6) is 0.937. The van der Waals surface area contributed by atoms with Gasteiger partial charge < -0.3 is 10.1 Å². The average molecular weight is 368 g/mol. The van der Waals surface area contributed by atoms with Crippen molar-refractivity contribution in [2.45, 2.75) is 19.3 Å². The average Bonchev–Trinajstić information content (AvgIpc) is 2.91. The molecular formula is C16H18BrNO2S. The van der Waals surface area contributed by atoms with Crippen molar-refractivity contribution in [3.05, 3.63) is 50.6 Å². The number of thiophene rings is 1. The molecule has 1 heterocycles. The summed E-state index contributed by atoms with van der Waals surface area (Å²) in [7, 11) is 1.65. The Morgan fingerprint density at radius 3 is 2.57 bits per heavy atom. The lowest BCUT2D eigenvalue weighted by Crippen LogP contribution is -2.25. The third-order valence-electron chi connectivity index (χ3n) is 3.12. The third-order valence-corrected chi connectivity index (χ3v) is 4.81. The molecule has 0 atom stereocenters. The zero-order chi connectivity index (χ0) is 15.1. The Labute approximate surface area is 137 Å². The second-order valence-corrected chi connectivity index (χ2v) is 7.20. The van der Waals surface area contributed by atoms with E-state index in [1.54, 1.807) is 18.4 Å². The summed E-state index contributed by atoms with van der Waals surface area (Å²) in [6.45, 7) is 0.689. The van der Waals surface area contributed by atoms with E-state index in [2.05, 4.69) is 27.3 Å². The van der Waals surface area contributed by atoms with Gasteiger partial charge in [-0.25, -0.2) is 0 Å². The number of methoxy groups -OCH3 is 1. The highest BCUT2D eigenvalue weighted by Crippen LogP contribution is 2.22. The van der Waals surface area contributed by atoms with E-state index in [0.29, 0.717) is 13.0 Å². The molecule has 1 aromatic carbocycles. The molecule has 0 unspecified atom stereocenters. The summed E-state index contributed by atoms with van der Waals surface area (Å²) >= 11 is 5.14. The van der Waals surface area contributed by atoms with Crippen molar-refractivity contribution in [1.29, 1.82) is 0 Å². The number of benzene rings is 1. The number of carbonyl (C=O) groups is 1. The number of ether oxygens (including phenoxy) is 1. The Kier molecular flexibility index (Phi) is 6.26.